The van der Waals surface area contributed by atoms with E-state index in [1.165, 1.54) is 7.11 Å². The van der Waals surface area contributed by atoms with E-state index in [0.29, 0.717) is 5.82 Å². The van der Waals surface area contributed by atoms with E-state index in [9.17, 15) is 4.79 Å². The van der Waals surface area contributed by atoms with Crippen LogP contribution in [-0.2, 0) is 16.0 Å². The van der Waals surface area contributed by atoms with Crippen molar-refractivity contribution in [3.8, 4) is 11.3 Å². The lowest BCUT2D eigenvalue weighted by molar-refractivity contribution is -0.139. The molecule has 0 aliphatic heterocycles. The number of benzene rings is 1. The number of hydrogen-bond donors (Lipinski definition) is 2. The van der Waals surface area contributed by atoms with Crippen LogP contribution in [0.25, 0.3) is 22.3 Å². The van der Waals surface area contributed by atoms with Gasteiger partial charge in [-0.2, -0.15) is 0 Å². The van der Waals surface area contributed by atoms with Gasteiger partial charge in [0.15, 0.2) is 0 Å². The lowest BCUT2D eigenvalue weighted by atomic mass is 10.1. The van der Waals surface area contributed by atoms with Crippen LogP contribution in [0.15, 0.2) is 30.7 Å². The SMILES string of the molecule is COC(=O)Cc1ncc(-c2ccc3nc[nH]c3c2)[nH]1. The van der Waals surface area contributed by atoms with Crippen molar-refractivity contribution in [3.63, 3.8) is 0 Å². The van der Waals surface area contributed by atoms with Gasteiger partial charge in [0.2, 0.25) is 0 Å². The Morgan fingerprint density at radius 1 is 1.37 bits per heavy atom. The minimum atomic E-state index is -0.315. The summed E-state index contributed by atoms with van der Waals surface area (Å²) in [5, 5.41) is 0. The van der Waals surface area contributed by atoms with Crippen LogP contribution in [0.2, 0.25) is 0 Å². The maximum atomic E-state index is 11.2. The fourth-order valence-corrected chi connectivity index (χ4v) is 1.91. The van der Waals surface area contributed by atoms with Gasteiger partial charge in [-0.05, 0) is 12.1 Å². The number of esters is 1. The minimum Gasteiger partial charge on any atom is -0.469 e. The van der Waals surface area contributed by atoms with Gasteiger partial charge in [0.25, 0.3) is 0 Å². The highest BCUT2D eigenvalue weighted by Gasteiger charge is 2.08. The first kappa shape index (κ1) is 11.5. The normalized spacial score (nSPS) is 10.8. The highest BCUT2D eigenvalue weighted by Crippen LogP contribution is 2.21. The largest absolute Gasteiger partial charge is 0.469 e. The van der Waals surface area contributed by atoms with Gasteiger partial charge in [0, 0.05) is 5.56 Å². The van der Waals surface area contributed by atoms with Crippen molar-refractivity contribution < 1.29 is 9.53 Å². The minimum absolute atomic E-state index is 0.142. The van der Waals surface area contributed by atoms with Crippen LogP contribution in [0.4, 0.5) is 0 Å². The van der Waals surface area contributed by atoms with Gasteiger partial charge in [-0.3, -0.25) is 4.79 Å². The molecule has 0 saturated carbocycles. The van der Waals surface area contributed by atoms with E-state index in [0.717, 1.165) is 22.3 Å². The van der Waals surface area contributed by atoms with Gasteiger partial charge in [0.05, 0.1) is 36.4 Å². The summed E-state index contributed by atoms with van der Waals surface area (Å²) in [7, 11) is 1.36. The number of methoxy groups -OCH3 is 1. The molecular weight excluding hydrogens is 244 g/mol. The van der Waals surface area contributed by atoms with E-state index in [4.69, 9.17) is 0 Å². The van der Waals surface area contributed by atoms with Crippen molar-refractivity contribution in [2.75, 3.05) is 7.11 Å². The predicted molar refractivity (Wildman–Crippen MR) is 69.4 cm³/mol. The number of hydrogen-bond acceptors (Lipinski definition) is 4. The molecule has 96 valence electrons. The zero-order chi connectivity index (χ0) is 13.2. The second kappa shape index (κ2) is 4.56. The molecule has 2 heterocycles. The van der Waals surface area contributed by atoms with Crippen molar-refractivity contribution in [2.24, 2.45) is 0 Å². The Labute approximate surface area is 108 Å². The topological polar surface area (TPSA) is 83.7 Å². The molecule has 0 saturated heterocycles. The first-order chi connectivity index (χ1) is 9.26. The predicted octanol–water partition coefficient (Wildman–Crippen LogP) is 1.67. The van der Waals surface area contributed by atoms with E-state index < -0.39 is 0 Å². The van der Waals surface area contributed by atoms with E-state index in [-0.39, 0.29) is 12.4 Å². The number of nitrogens with zero attached hydrogens (tertiary/aromatic N) is 2. The summed E-state index contributed by atoms with van der Waals surface area (Å²) in [6, 6.07) is 5.87. The Bertz CT molecular complexity index is 729. The molecule has 0 radical (unpaired) electrons. The first-order valence-corrected chi connectivity index (χ1v) is 5.80. The Morgan fingerprint density at radius 2 is 2.26 bits per heavy atom. The van der Waals surface area contributed by atoms with Crippen LogP contribution >= 0.6 is 0 Å². The molecule has 6 nitrogen and oxygen atoms in total. The Kier molecular flexibility index (Phi) is 2.75. The molecule has 6 heteroatoms. The average molecular weight is 256 g/mol. The Balaban J connectivity index is 1.91. The van der Waals surface area contributed by atoms with Crippen molar-refractivity contribution in [1.82, 2.24) is 19.9 Å². The van der Waals surface area contributed by atoms with E-state index in [2.05, 4.69) is 24.7 Å². The highest BCUT2D eigenvalue weighted by atomic mass is 16.5. The third-order valence-electron chi connectivity index (χ3n) is 2.90. The molecule has 19 heavy (non-hydrogen) atoms. The average Bonchev–Trinajstić information content (AvgIpc) is 3.05. The Hall–Kier alpha value is -2.63. The molecule has 0 unspecified atom stereocenters. The van der Waals surface area contributed by atoms with E-state index in [1.54, 1.807) is 12.5 Å². The zero-order valence-electron chi connectivity index (χ0n) is 10.3. The first-order valence-electron chi connectivity index (χ1n) is 5.80. The number of aromatic amines is 2. The molecule has 1 aromatic carbocycles. The lowest BCUT2D eigenvalue weighted by Crippen LogP contribution is -2.05. The molecule has 3 aromatic rings. The van der Waals surface area contributed by atoms with Crippen LogP contribution in [-0.4, -0.2) is 33.0 Å². The number of imidazole rings is 2. The molecule has 0 aliphatic carbocycles. The maximum absolute atomic E-state index is 11.2. The number of nitrogens with one attached hydrogen (secondary N) is 2. The van der Waals surface area contributed by atoms with Crippen LogP contribution in [0, 0.1) is 0 Å². The van der Waals surface area contributed by atoms with Crippen LogP contribution in [0.1, 0.15) is 5.82 Å². The van der Waals surface area contributed by atoms with E-state index in [1.807, 2.05) is 18.2 Å². The smallest absolute Gasteiger partial charge is 0.313 e. The summed E-state index contributed by atoms with van der Waals surface area (Å²) in [6.07, 6.45) is 3.50. The lowest BCUT2D eigenvalue weighted by Gasteiger charge is -1.98. The van der Waals surface area contributed by atoms with Gasteiger partial charge < -0.3 is 14.7 Å². The fraction of sp³-hybridized carbons (Fsp3) is 0.154. The summed E-state index contributed by atoms with van der Waals surface area (Å²) in [4.78, 5) is 25.7. The maximum Gasteiger partial charge on any atom is 0.313 e. The summed E-state index contributed by atoms with van der Waals surface area (Å²) >= 11 is 0. The standard InChI is InChI=1S/C13H12N4O2/c1-19-13(18)5-12-14-6-11(17-12)8-2-3-9-10(4-8)16-7-15-9/h2-4,6-7H,5H2,1H3,(H,14,17)(H,15,16). The molecular formula is C13H12N4O2. The summed E-state index contributed by atoms with van der Waals surface area (Å²) in [5.41, 5.74) is 3.72. The van der Waals surface area contributed by atoms with Crippen molar-refractivity contribution in [2.45, 2.75) is 6.42 Å². The number of rotatable bonds is 3. The fourth-order valence-electron chi connectivity index (χ4n) is 1.91. The molecule has 0 aliphatic rings. The summed E-state index contributed by atoms with van der Waals surface area (Å²) in [5.74, 6) is 0.275. The van der Waals surface area contributed by atoms with Gasteiger partial charge in [-0.25, -0.2) is 9.97 Å². The van der Waals surface area contributed by atoms with Crippen molar-refractivity contribution in [3.05, 3.63) is 36.5 Å². The second-order valence-corrected chi connectivity index (χ2v) is 4.13. The number of carbonyl (C=O) groups is 1. The molecule has 2 aromatic heterocycles. The molecule has 2 N–H and O–H groups in total. The van der Waals surface area contributed by atoms with Crippen molar-refractivity contribution in [1.29, 1.82) is 0 Å². The van der Waals surface area contributed by atoms with Crippen LogP contribution in [0.5, 0.6) is 0 Å². The number of aromatic nitrogens is 4. The highest BCUT2D eigenvalue weighted by molar-refractivity contribution is 5.80. The van der Waals surface area contributed by atoms with Gasteiger partial charge >= 0.3 is 5.97 Å². The summed E-state index contributed by atoms with van der Waals surface area (Å²) < 4.78 is 4.60. The molecule has 3 rings (SSSR count). The number of fused-ring (bicyclic) bond motifs is 1. The summed E-state index contributed by atoms with van der Waals surface area (Å²) in [6.45, 7) is 0. The monoisotopic (exact) mass is 256 g/mol. The second-order valence-electron chi connectivity index (χ2n) is 4.13. The number of H-pyrrole nitrogens is 2. The quantitative estimate of drug-likeness (QED) is 0.698. The third-order valence-corrected chi connectivity index (χ3v) is 2.90. The zero-order valence-corrected chi connectivity index (χ0v) is 10.3. The molecule has 0 spiro atoms. The molecule has 0 atom stereocenters. The molecule has 0 bridgehead atoms. The van der Waals surface area contributed by atoms with Crippen molar-refractivity contribution >= 4 is 17.0 Å². The van der Waals surface area contributed by atoms with Crippen LogP contribution < -0.4 is 0 Å². The molecule has 0 amide bonds. The van der Waals surface area contributed by atoms with Gasteiger partial charge in [0.1, 0.15) is 12.2 Å². The van der Waals surface area contributed by atoms with Gasteiger partial charge in [-0.1, -0.05) is 6.07 Å². The number of carbonyl (C=O) groups excluding carboxylic acids is 1. The number of ether oxygens (including phenoxy) is 1. The van der Waals surface area contributed by atoms with Gasteiger partial charge in [-0.15, -0.1) is 0 Å². The molecule has 0 fully saturated rings. The Morgan fingerprint density at radius 3 is 3.11 bits per heavy atom. The van der Waals surface area contributed by atoms with Crippen LogP contribution in [0.3, 0.4) is 0 Å². The van der Waals surface area contributed by atoms with E-state index >= 15 is 0 Å². The third kappa shape index (κ3) is 2.20.